The highest BCUT2D eigenvalue weighted by molar-refractivity contribution is 7.89. The van der Waals surface area contributed by atoms with Crippen LogP contribution in [0.2, 0.25) is 0 Å². The lowest BCUT2D eigenvalue weighted by molar-refractivity contribution is 0.279. The van der Waals surface area contributed by atoms with E-state index >= 15 is 0 Å². The van der Waals surface area contributed by atoms with Crippen molar-refractivity contribution in [3.05, 3.63) is 71.4 Å². The predicted molar refractivity (Wildman–Crippen MR) is 132 cm³/mol. The molecule has 2 aromatic carbocycles. The van der Waals surface area contributed by atoms with Gasteiger partial charge in [0, 0.05) is 26.2 Å². The molecule has 1 aromatic heterocycles. The number of rotatable bonds is 11. The molecular formula is C25H34N4O4S. The molecule has 0 amide bonds. The summed E-state index contributed by atoms with van der Waals surface area (Å²) >= 11 is 0. The van der Waals surface area contributed by atoms with Crippen molar-refractivity contribution >= 4 is 10.0 Å². The SMILES string of the molecule is CCC(c1cc(S(=O)(=O)N(Cc2ccc(OC)cc2)Cc2ccc(OC)cc2)nn1C)N(C)C. The number of sulfonamides is 1. The smallest absolute Gasteiger partial charge is 0.263 e. The molecule has 0 radical (unpaired) electrons. The first kappa shape index (κ1) is 25.7. The molecule has 8 nitrogen and oxygen atoms in total. The van der Waals surface area contributed by atoms with Crippen LogP contribution in [0.4, 0.5) is 0 Å². The van der Waals surface area contributed by atoms with Crippen LogP contribution in [0.1, 0.15) is 36.2 Å². The zero-order valence-electron chi connectivity index (χ0n) is 20.7. The van der Waals surface area contributed by atoms with Gasteiger partial charge in [0.05, 0.1) is 26.0 Å². The van der Waals surface area contributed by atoms with Crippen molar-refractivity contribution in [3.8, 4) is 11.5 Å². The minimum Gasteiger partial charge on any atom is -0.497 e. The van der Waals surface area contributed by atoms with Gasteiger partial charge in [-0.1, -0.05) is 31.2 Å². The Balaban J connectivity index is 1.99. The van der Waals surface area contributed by atoms with Gasteiger partial charge in [0.1, 0.15) is 11.5 Å². The maximum Gasteiger partial charge on any atom is 0.263 e. The Bertz CT molecular complexity index is 1120. The van der Waals surface area contributed by atoms with Gasteiger partial charge in [-0.15, -0.1) is 0 Å². The first-order valence-electron chi connectivity index (χ1n) is 11.2. The van der Waals surface area contributed by atoms with Crippen LogP contribution in [0.15, 0.2) is 59.6 Å². The molecule has 9 heteroatoms. The van der Waals surface area contributed by atoms with E-state index in [1.54, 1.807) is 32.0 Å². The Morgan fingerprint density at radius 2 is 1.38 bits per heavy atom. The van der Waals surface area contributed by atoms with E-state index in [9.17, 15) is 8.42 Å². The van der Waals surface area contributed by atoms with Crippen LogP contribution in [0.25, 0.3) is 0 Å². The molecule has 1 heterocycles. The number of hydrogen-bond acceptors (Lipinski definition) is 6. The molecule has 0 aliphatic rings. The summed E-state index contributed by atoms with van der Waals surface area (Å²) < 4.78 is 41.2. The topological polar surface area (TPSA) is 76.9 Å². The van der Waals surface area contributed by atoms with Crippen molar-refractivity contribution in [1.82, 2.24) is 19.0 Å². The molecule has 0 N–H and O–H groups in total. The minimum absolute atomic E-state index is 0.0484. The molecule has 0 saturated heterocycles. The highest BCUT2D eigenvalue weighted by Gasteiger charge is 2.30. The summed E-state index contributed by atoms with van der Waals surface area (Å²) in [5, 5.41) is 4.46. The van der Waals surface area contributed by atoms with Gasteiger partial charge < -0.3 is 14.4 Å². The van der Waals surface area contributed by atoms with Crippen molar-refractivity contribution in [1.29, 1.82) is 0 Å². The first-order valence-corrected chi connectivity index (χ1v) is 12.6. The molecule has 3 aromatic rings. The number of benzene rings is 2. The summed E-state index contributed by atoms with van der Waals surface area (Å²) in [5.41, 5.74) is 2.57. The lowest BCUT2D eigenvalue weighted by Crippen LogP contribution is -2.30. The average molecular weight is 487 g/mol. The molecule has 1 atom stereocenters. The number of hydrogen-bond donors (Lipinski definition) is 0. The summed E-state index contributed by atoms with van der Waals surface area (Å²) in [4.78, 5) is 2.07. The number of aromatic nitrogens is 2. The average Bonchev–Trinajstić information content (AvgIpc) is 3.22. The second-order valence-corrected chi connectivity index (χ2v) is 10.3. The summed E-state index contributed by atoms with van der Waals surface area (Å²) in [6.07, 6.45) is 0.841. The molecule has 1 unspecified atom stereocenters. The summed E-state index contributed by atoms with van der Waals surface area (Å²) in [6, 6.07) is 16.6. The Kier molecular flexibility index (Phi) is 8.35. The minimum atomic E-state index is -3.88. The third-order valence-electron chi connectivity index (χ3n) is 5.89. The van der Waals surface area contributed by atoms with Crippen LogP contribution in [0, 0.1) is 0 Å². The number of methoxy groups -OCH3 is 2. The lowest BCUT2D eigenvalue weighted by atomic mass is 10.1. The summed E-state index contributed by atoms with van der Waals surface area (Å²) in [5.74, 6) is 1.44. The Hall–Kier alpha value is -2.88. The normalized spacial score (nSPS) is 12.8. The van der Waals surface area contributed by atoms with E-state index < -0.39 is 10.0 Å². The third-order valence-corrected chi connectivity index (χ3v) is 7.55. The van der Waals surface area contributed by atoms with E-state index in [1.807, 2.05) is 62.6 Å². The predicted octanol–water partition coefficient (Wildman–Crippen LogP) is 3.84. The van der Waals surface area contributed by atoms with Crippen LogP contribution in [-0.2, 0) is 30.2 Å². The molecule has 0 bridgehead atoms. The maximum absolute atomic E-state index is 13.8. The fraction of sp³-hybridized carbons (Fsp3) is 0.400. The zero-order valence-corrected chi connectivity index (χ0v) is 21.5. The number of aryl methyl sites for hydroxylation is 1. The van der Waals surface area contributed by atoms with Crippen molar-refractivity contribution in [3.63, 3.8) is 0 Å². The molecule has 0 spiro atoms. The first-order chi connectivity index (χ1) is 16.2. The molecule has 0 saturated carbocycles. The van der Waals surface area contributed by atoms with E-state index in [1.165, 1.54) is 4.31 Å². The van der Waals surface area contributed by atoms with Gasteiger partial charge in [-0.05, 0) is 55.9 Å². The molecule has 0 aliphatic carbocycles. The van der Waals surface area contributed by atoms with Gasteiger partial charge in [0.25, 0.3) is 10.0 Å². The van der Waals surface area contributed by atoms with Crippen LogP contribution >= 0.6 is 0 Å². The van der Waals surface area contributed by atoms with Gasteiger partial charge in [0.15, 0.2) is 5.03 Å². The molecule has 0 fully saturated rings. The van der Waals surface area contributed by atoms with E-state index in [2.05, 4.69) is 16.9 Å². The zero-order chi connectivity index (χ0) is 24.9. The van der Waals surface area contributed by atoms with E-state index in [0.29, 0.717) is 0 Å². The highest BCUT2D eigenvalue weighted by Crippen LogP contribution is 2.27. The second-order valence-electron chi connectivity index (χ2n) is 8.39. The highest BCUT2D eigenvalue weighted by atomic mass is 32.2. The Morgan fingerprint density at radius 1 is 0.912 bits per heavy atom. The van der Waals surface area contributed by atoms with Crippen molar-refractivity contribution in [2.45, 2.75) is 37.5 Å². The summed E-state index contributed by atoms with van der Waals surface area (Å²) in [6.45, 7) is 2.48. The molecule has 34 heavy (non-hydrogen) atoms. The summed E-state index contributed by atoms with van der Waals surface area (Å²) in [7, 11) is 5.08. The van der Waals surface area contributed by atoms with Crippen LogP contribution in [0.3, 0.4) is 0 Å². The Labute approximate surface area is 202 Å². The van der Waals surface area contributed by atoms with Crippen molar-refractivity contribution in [2.24, 2.45) is 7.05 Å². The van der Waals surface area contributed by atoms with E-state index in [-0.39, 0.29) is 24.2 Å². The largest absolute Gasteiger partial charge is 0.497 e. The molecule has 0 aliphatic heterocycles. The van der Waals surface area contributed by atoms with E-state index in [4.69, 9.17) is 9.47 Å². The fourth-order valence-corrected chi connectivity index (χ4v) is 5.36. The van der Waals surface area contributed by atoms with Crippen molar-refractivity contribution in [2.75, 3.05) is 28.3 Å². The lowest BCUT2D eigenvalue weighted by Gasteiger charge is -2.22. The van der Waals surface area contributed by atoms with Gasteiger partial charge in [-0.2, -0.15) is 9.40 Å². The Morgan fingerprint density at radius 3 is 1.76 bits per heavy atom. The molecule has 184 valence electrons. The van der Waals surface area contributed by atoms with E-state index in [0.717, 1.165) is 34.7 Å². The van der Waals surface area contributed by atoms with Gasteiger partial charge in [-0.3, -0.25) is 4.68 Å². The van der Waals surface area contributed by atoms with Gasteiger partial charge in [0.2, 0.25) is 0 Å². The number of ether oxygens (including phenoxy) is 2. The van der Waals surface area contributed by atoms with Gasteiger partial charge >= 0.3 is 0 Å². The molecule has 3 rings (SSSR count). The quantitative estimate of drug-likeness (QED) is 0.410. The van der Waals surface area contributed by atoms with Gasteiger partial charge in [-0.25, -0.2) is 8.42 Å². The standard InChI is InChI=1S/C25H34N4O4S/c1-7-23(27(2)3)24-16-25(26-28(24)4)34(30,31)29(17-19-8-12-21(32-5)13-9-19)18-20-10-14-22(33-6)15-11-20/h8-16,23H,7,17-18H2,1-6H3. The second kappa shape index (κ2) is 11.0. The van der Waals surface area contributed by atoms with Crippen LogP contribution in [0.5, 0.6) is 11.5 Å². The molecular weight excluding hydrogens is 452 g/mol. The third kappa shape index (κ3) is 5.78. The maximum atomic E-state index is 13.8. The monoisotopic (exact) mass is 486 g/mol. The van der Waals surface area contributed by atoms with Crippen LogP contribution < -0.4 is 9.47 Å². The number of nitrogens with zero attached hydrogens (tertiary/aromatic N) is 4. The van der Waals surface area contributed by atoms with Crippen LogP contribution in [-0.4, -0.2) is 55.7 Å². The fourth-order valence-electron chi connectivity index (χ4n) is 3.96. The van der Waals surface area contributed by atoms with Crippen molar-refractivity contribution < 1.29 is 17.9 Å².